The molecule has 3 nitrogen and oxygen atoms in total. The standard InChI is InChI=1S/C13H20N2O/c1-3-12(11-4-7-14-8-5-11)15-13-6-9-16-10(13)2/h4-5,7-8,10,12-13,15H,3,6,9H2,1-2H3. The summed E-state index contributed by atoms with van der Waals surface area (Å²) < 4.78 is 5.57. The van der Waals surface area contributed by atoms with Crippen LogP contribution in [0.5, 0.6) is 0 Å². The molecular formula is C13H20N2O. The maximum atomic E-state index is 5.57. The van der Waals surface area contributed by atoms with E-state index >= 15 is 0 Å². The van der Waals surface area contributed by atoms with E-state index in [9.17, 15) is 0 Å². The van der Waals surface area contributed by atoms with Crippen LogP contribution in [0.3, 0.4) is 0 Å². The Kier molecular flexibility index (Phi) is 3.91. The van der Waals surface area contributed by atoms with Crippen LogP contribution >= 0.6 is 0 Å². The SMILES string of the molecule is CCC(NC1CCOC1C)c1ccncc1. The second kappa shape index (κ2) is 5.41. The van der Waals surface area contributed by atoms with E-state index in [2.05, 4.69) is 36.3 Å². The summed E-state index contributed by atoms with van der Waals surface area (Å²) in [5.41, 5.74) is 1.32. The lowest BCUT2D eigenvalue weighted by Gasteiger charge is -2.24. The van der Waals surface area contributed by atoms with E-state index in [1.54, 1.807) is 0 Å². The van der Waals surface area contributed by atoms with Gasteiger partial charge in [0, 0.05) is 31.1 Å². The molecule has 1 aromatic rings. The first-order valence-corrected chi connectivity index (χ1v) is 6.09. The van der Waals surface area contributed by atoms with Gasteiger partial charge in [-0.1, -0.05) is 6.92 Å². The van der Waals surface area contributed by atoms with Crippen molar-refractivity contribution in [3.63, 3.8) is 0 Å². The molecule has 1 aliphatic rings. The lowest BCUT2D eigenvalue weighted by Crippen LogP contribution is -2.37. The molecule has 0 aliphatic carbocycles. The molecule has 0 spiro atoms. The molecule has 1 aliphatic heterocycles. The highest BCUT2D eigenvalue weighted by molar-refractivity contribution is 5.15. The van der Waals surface area contributed by atoms with Gasteiger partial charge < -0.3 is 10.1 Å². The minimum atomic E-state index is 0.330. The molecule has 0 amide bonds. The molecule has 0 bridgehead atoms. The molecule has 1 saturated heterocycles. The van der Waals surface area contributed by atoms with Crippen molar-refractivity contribution < 1.29 is 4.74 Å². The Morgan fingerprint density at radius 2 is 2.25 bits per heavy atom. The first-order valence-electron chi connectivity index (χ1n) is 6.09. The Bertz CT molecular complexity index is 315. The third-order valence-corrected chi connectivity index (χ3v) is 3.31. The second-order valence-electron chi connectivity index (χ2n) is 4.38. The molecule has 0 aromatic carbocycles. The summed E-state index contributed by atoms with van der Waals surface area (Å²) in [6.07, 6.45) is 6.24. The average molecular weight is 220 g/mol. The molecule has 3 atom stereocenters. The molecule has 16 heavy (non-hydrogen) atoms. The van der Waals surface area contributed by atoms with E-state index in [4.69, 9.17) is 4.74 Å². The number of pyridine rings is 1. The molecule has 1 fully saturated rings. The maximum absolute atomic E-state index is 5.57. The van der Waals surface area contributed by atoms with Gasteiger partial charge in [-0.3, -0.25) is 4.98 Å². The number of hydrogen-bond acceptors (Lipinski definition) is 3. The van der Waals surface area contributed by atoms with Gasteiger partial charge in [0.1, 0.15) is 0 Å². The van der Waals surface area contributed by atoms with E-state index < -0.39 is 0 Å². The van der Waals surface area contributed by atoms with Crippen molar-refractivity contribution >= 4 is 0 Å². The van der Waals surface area contributed by atoms with Gasteiger partial charge in [0.2, 0.25) is 0 Å². The van der Waals surface area contributed by atoms with Crippen molar-refractivity contribution in [2.45, 2.75) is 44.9 Å². The highest BCUT2D eigenvalue weighted by Gasteiger charge is 2.26. The monoisotopic (exact) mass is 220 g/mol. The first-order chi connectivity index (χ1) is 7.81. The molecule has 1 N–H and O–H groups in total. The molecule has 2 heterocycles. The molecule has 3 unspecified atom stereocenters. The van der Waals surface area contributed by atoms with Gasteiger partial charge in [0.25, 0.3) is 0 Å². The summed E-state index contributed by atoms with van der Waals surface area (Å²) in [4.78, 5) is 4.06. The largest absolute Gasteiger partial charge is 0.377 e. The van der Waals surface area contributed by atoms with E-state index in [1.807, 2.05) is 12.4 Å². The maximum Gasteiger partial charge on any atom is 0.0700 e. The highest BCUT2D eigenvalue weighted by Crippen LogP contribution is 2.21. The van der Waals surface area contributed by atoms with Gasteiger partial charge in [-0.2, -0.15) is 0 Å². The number of nitrogens with zero attached hydrogens (tertiary/aromatic N) is 1. The third-order valence-electron chi connectivity index (χ3n) is 3.31. The predicted octanol–water partition coefficient (Wildman–Crippen LogP) is 2.30. The summed E-state index contributed by atoms with van der Waals surface area (Å²) >= 11 is 0. The fraction of sp³-hybridized carbons (Fsp3) is 0.615. The van der Waals surface area contributed by atoms with Crippen LogP contribution < -0.4 is 5.32 Å². The molecule has 1 aromatic heterocycles. The molecule has 3 heteroatoms. The Labute approximate surface area is 97.2 Å². The predicted molar refractivity (Wildman–Crippen MR) is 64.2 cm³/mol. The summed E-state index contributed by atoms with van der Waals surface area (Å²) in [6, 6.07) is 5.07. The minimum Gasteiger partial charge on any atom is -0.377 e. The zero-order chi connectivity index (χ0) is 11.4. The van der Waals surface area contributed by atoms with Gasteiger partial charge in [0.05, 0.1) is 6.10 Å². The van der Waals surface area contributed by atoms with Crippen molar-refractivity contribution in [2.75, 3.05) is 6.61 Å². The van der Waals surface area contributed by atoms with Gasteiger partial charge in [-0.05, 0) is 37.5 Å². The Morgan fingerprint density at radius 3 is 2.81 bits per heavy atom. The van der Waals surface area contributed by atoms with Crippen LogP contribution in [0.25, 0.3) is 0 Å². The molecular weight excluding hydrogens is 200 g/mol. The van der Waals surface area contributed by atoms with Gasteiger partial charge in [-0.25, -0.2) is 0 Å². The number of hydrogen-bond donors (Lipinski definition) is 1. The van der Waals surface area contributed by atoms with Crippen LogP contribution in [0.2, 0.25) is 0 Å². The molecule has 88 valence electrons. The lowest BCUT2D eigenvalue weighted by atomic mass is 10.0. The summed E-state index contributed by atoms with van der Waals surface area (Å²) in [5.74, 6) is 0. The zero-order valence-corrected chi connectivity index (χ0v) is 10.0. The summed E-state index contributed by atoms with van der Waals surface area (Å²) in [7, 11) is 0. The number of ether oxygens (including phenoxy) is 1. The lowest BCUT2D eigenvalue weighted by molar-refractivity contribution is 0.110. The van der Waals surface area contributed by atoms with Gasteiger partial charge in [-0.15, -0.1) is 0 Å². The van der Waals surface area contributed by atoms with Gasteiger partial charge >= 0.3 is 0 Å². The van der Waals surface area contributed by atoms with Crippen molar-refractivity contribution in [2.24, 2.45) is 0 Å². The van der Waals surface area contributed by atoms with Crippen molar-refractivity contribution in [3.05, 3.63) is 30.1 Å². The van der Waals surface area contributed by atoms with E-state index in [0.29, 0.717) is 18.2 Å². The third kappa shape index (κ3) is 2.60. The second-order valence-corrected chi connectivity index (χ2v) is 4.38. The quantitative estimate of drug-likeness (QED) is 0.845. The normalized spacial score (nSPS) is 26.9. The molecule has 0 radical (unpaired) electrons. The van der Waals surface area contributed by atoms with E-state index in [0.717, 1.165) is 19.4 Å². The number of aromatic nitrogens is 1. The van der Waals surface area contributed by atoms with Gasteiger partial charge in [0.15, 0.2) is 0 Å². The van der Waals surface area contributed by atoms with Crippen LogP contribution in [0, 0.1) is 0 Å². The fourth-order valence-electron chi connectivity index (χ4n) is 2.25. The van der Waals surface area contributed by atoms with E-state index in [1.165, 1.54) is 5.56 Å². The van der Waals surface area contributed by atoms with Crippen LogP contribution in [-0.4, -0.2) is 23.7 Å². The fourth-order valence-corrected chi connectivity index (χ4v) is 2.25. The number of rotatable bonds is 4. The topological polar surface area (TPSA) is 34.1 Å². The molecule has 2 rings (SSSR count). The minimum absolute atomic E-state index is 0.330. The van der Waals surface area contributed by atoms with Crippen molar-refractivity contribution in [3.8, 4) is 0 Å². The summed E-state index contributed by atoms with van der Waals surface area (Å²) in [5, 5.41) is 3.68. The Hall–Kier alpha value is -0.930. The summed E-state index contributed by atoms with van der Waals surface area (Å²) in [6.45, 7) is 5.23. The van der Waals surface area contributed by atoms with Crippen LogP contribution in [-0.2, 0) is 4.74 Å². The van der Waals surface area contributed by atoms with Crippen LogP contribution in [0.15, 0.2) is 24.5 Å². The zero-order valence-electron chi connectivity index (χ0n) is 10.0. The average Bonchev–Trinajstić information content (AvgIpc) is 2.73. The van der Waals surface area contributed by atoms with Crippen LogP contribution in [0.1, 0.15) is 38.3 Å². The smallest absolute Gasteiger partial charge is 0.0700 e. The van der Waals surface area contributed by atoms with Crippen molar-refractivity contribution in [1.82, 2.24) is 10.3 Å². The Morgan fingerprint density at radius 1 is 1.50 bits per heavy atom. The Balaban J connectivity index is 2.00. The highest BCUT2D eigenvalue weighted by atomic mass is 16.5. The first kappa shape index (κ1) is 11.6. The molecule has 0 saturated carbocycles. The van der Waals surface area contributed by atoms with Crippen LogP contribution in [0.4, 0.5) is 0 Å². The van der Waals surface area contributed by atoms with E-state index in [-0.39, 0.29) is 0 Å². The van der Waals surface area contributed by atoms with Crippen molar-refractivity contribution in [1.29, 1.82) is 0 Å². The number of nitrogens with one attached hydrogen (secondary N) is 1.